The van der Waals surface area contributed by atoms with Gasteiger partial charge in [-0.05, 0) is 38.5 Å². The summed E-state index contributed by atoms with van der Waals surface area (Å²) in [6, 6.07) is 5.00. The number of benzene rings is 1. The molecule has 0 aromatic heterocycles. The maximum atomic E-state index is 11.5. The normalized spacial score (nSPS) is 10.8. The highest BCUT2D eigenvalue weighted by molar-refractivity contribution is 6.32. The van der Waals surface area contributed by atoms with Gasteiger partial charge in [0.1, 0.15) is 5.75 Å². The average Bonchev–Trinajstić information content (AvgIpc) is 2.14. The topological polar surface area (TPSA) is 38.3 Å². The van der Waals surface area contributed by atoms with Crippen LogP contribution in [0.15, 0.2) is 24.8 Å². The third-order valence-electron chi connectivity index (χ3n) is 1.88. The molecule has 0 aliphatic heterocycles. The molecule has 0 saturated carbocycles. The van der Waals surface area contributed by atoms with E-state index in [4.69, 9.17) is 16.3 Å². The van der Waals surface area contributed by atoms with E-state index in [9.17, 15) is 4.79 Å². The fraction of sp³-hybridized carbons (Fsp3) is 0.308. The van der Waals surface area contributed by atoms with Crippen molar-refractivity contribution in [2.24, 2.45) is 0 Å². The molecule has 0 spiro atoms. The Morgan fingerprint density at radius 1 is 1.47 bits per heavy atom. The third kappa shape index (κ3) is 4.49. The molecule has 1 aromatic rings. The summed E-state index contributed by atoms with van der Waals surface area (Å²) in [5.74, 6) is 0.405. The predicted molar refractivity (Wildman–Crippen MR) is 70.5 cm³/mol. The number of ether oxygens (including phenoxy) is 1. The molecule has 0 aliphatic rings. The van der Waals surface area contributed by atoms with E-state index in [0.717, 1.165) is 5.56 Å². The molecule has 0 bridgehead atoms. The molecule has 0 aliphatic carbocycles. The molecule has 0 atom stereocenters. The second kappa shape index (κ2) is 5.23. The second-order valence-electron chi connectivity index (χ2n) is 4.65. The van der Waals surface area contributed by atoms with Gasteiger partial charge in [-0.1, -0.05) is 24.3 Å². The van der Waals surface area contributed by atoms with Crippen LogP contribution in [0.1, 0.15) is 26.3 Å². The predicted octanol–water partition coefficient (Wildman–Crippen LogP) is 3.87. The van der Waals surface area contributed by atoms with E-state index >= 15 is 0 Å². The van der Waals surface area contributed by atoms with Gasteiger partial charge in [-0.3, -0.25) is 0 Å². The van der Waals surface area contributed by atoms with Gasteiger partial charge in [-0.2, -0.15) is 0 Å². The van der Waals surface area contributed by atoms with Crippen LogP contribution in [0.5, 0.6) is 5.75 Å². The Balaban J connectivity index is 2.73. The van der Waals surface area contributed by atoms with Crippen molar-refractivity contribution in [2.75, 3.05) is 0 Å². The smallest absolute Gasteiger partial charge is 0.410 e. The van der Waals surface area contributed by atoms with Crippen LogP contribution in [-0.4, -0.2) is 11.6 Å². The zero-order valence-corrected chi connectivity index (χ0v) is 11.0. The van der Waals surface area contributed by atoms with Gasteiger partial charge in [0.2, 0.25) is 0 Å². The van der Waals surface area contributed by atoms with Crippen LogP contribution >= 0.6 is 11.6 Å². The molecule has 0 saturated heterocycles. The number of carbonyl (C=O) groups excluding carboxylic acids is 1. The number of rotatable bonds is 2. The van der Waals surface area contributed by atoms with Crippen LogP contribution in [0.2, 0.25) is 5.02 Å². The Labute approximate surface area is 106 Å². The maximum absolute atomic E-state index is 11.5. The lowest BCUT2D eigenvalue weighted by atomic mass is 10.1. The van der Waals surface area contributed by atoms with E-state index in [1.807, 2.05) is 20.8 Å². The van der Waals surface area contributed by atoms with E-state index in [-0.39, 0.29) is 5.54 Å². The summed E-state index contributed by atoms with van der Waals surface area (Å²) in [6.07, 6.45) is 1.14. The summed E-state index contributed by atoms with van der Waals surface area (Å²) >= 11 is 5.96. The Morgan fingerprint density at radius 2 is 2.12 bits per heavy atom. The lowest BCUT2D eigenvalue weighted by Crippen LogP contribution is -2.42. The molecule has 1 rings (SSSR count). The van der Waals surface area contributed by atoms with Crippen molar-refractivity contribution in [1.82, 2.24) is 5.32 Å². The first-order valence-corrected chi connectivity index (χ1v) is 5.61. The van der Waals surface area contributed by atoms with Gasteiger partial charge in [0.15, 0.2) is 0 Å². The van der Waals surface area contributed by atoms with E-state index in [2.05, 4.69) is 11.9 Å². The molecule has 0 unspecified atom stereocenters. The van der Waals surface area contributed by atoms with Crippen LogP contribution in [0.4, 0.5) is 4.79 Å². The molecule has 1 N–H and O–H groups in total. The monoisotopic (exact) mass is 253 g/mol. The molecule has 92 valence electrons. The Hall–Kier alpha value is -1.48. The number of halogens is 1. The molecule has 17 heavy (non-hydrogen) atoms. The van der Waals surface area contributed by atoms with Crippen LogP contribution in [0.25, 0.3) is 6.08 Å². The summed E-state index contributed by atoms with van der Waals surface area (Å²) in [5.41, 5.74) is 0.470. The molecule has 4 heteroatoms. The molecule has 0 fully saturated rings. The Morgan fingerprint density at radius 3 is 2.59 bits per heavy atom. The first-order valence-electron chi connectivity index (χ1n) is 5.24. The molecule has 0 heterocycles. The van der Waals surface area contributed by atoms with Crippen LogP contribution in [0.3, 0.4) is 0 Å². The van der Waals surface area contributed by atoms with Crippen molar-refractivity contribution in [3.8, 4) is 5.75 Å². The van der Waals surface area contributed by atoms with Crippen LogP contribution in [-0.2, 0) is 0 Å². The van der Waals surface area contributed by atoms with Gasteiger partial charge < -0.3 is 10.1 Å². The highest BCUT2D eigenvalue weighted by atomic mass is 35.5. The van der Waals surface area contributed by atoms with Crippen molar-refractivity contribution in [2.45, 2.75) is 26.3 Å². The fourth-order valence-electron chi connectivity index (χ4n) is 1.18. The fourth-order valence-corrected chi connectivity index (χ4v) is 1.42. The third-order valence-corrected chi connectivity index (χ3v) is 2.21. The zero-order chi connectivity index (χ0) is 13.1. The van der Waals surface area contributed by atoms with Crippen LogP contribution < -0.4 is 10.1 Å². The Bertz CT molecular complexity index is 436. The lowest BCUT2D eigenvalue weighted by Gasteiger charge is -2.19. The van der Waals surface area contributed by atoms with E-state index in [0.29, 0.717) is 10.8 Å². The minimum absolute atomic E-state index is 0.331. The van der Waals surface area contributed by atoms with Gasteiger partial charge >= 0.3 is 6.09 Å². The van der Waals surface area contributed by atoms with Gasteiger partial charge in [-0.15, -0.1) is 0 Å². The van der Waals surface area contributed by atoms with Gasteiger partial charge in [0.05, 0.1) is 5.02 Å². The first-order chi connectivity index (χ1) is 7.81. The number of amides is 1. The number of nitrogens with one attached hydrogen (secondary N) is 1. The molecular weight excluding hydrogens is 238 g/mol. The van der Waals surface area contributed by atoms with Gasteiger partial charge in [0.25, 0.3) is 0 Å². The van der Waals surface area contributed by atoms with Crippen molar-refractivity contribution >= 4 is 23.8 Å². The summed E-state index contributed by atoms with van der Waals surface area (Å²) in [7, 11) is 0. The van der Waals surface area contributed by atoms with E-state index in [1.165, 1.54) is 0 Å². The number of hydrogen-bond acceptors (Lipinski definition) is 2. The maximum Gasteiger partial charge on any atom is 0.413 e. The zero-order valence-electron chi connectivity index (χ0n) is 10.2. The standard InChI is InChI=1S/C13H16ClNO2/c1-5-9-6-7-10(8-11(9)14)17-12(16)15-13(2,3)4/h5-8H,1H2,2-4H3,(H,15,16). The Kier molecular flexibility index (Phi) is 4.18. The molecule has 1 amide bonds. The number of carbonyl (C=O) groups is 1. The molecule has 1 aromatic carbocycles. The quantitative estimate of drug-likeness (QED) is 0.869. The lowest BCUT2D eigenvalue weighted by molar-refractivity contribution is 0.190. The largest absolute Gasteiger partial charge is 0.413 e. The van der Waals surface area contributed by atoms with Crippen molar-refractivity contribution in [3.05, 3.63) is 35.4 Å². The van der Waals surface area contributed by atoms with E-state index in [1.54, 1.807) is 24.3 Å². The van der Waals surface area contributed by atoms with Crippen LogP contribution in [0, 0.1) is 0 Å². The average molecular weight is 254 g/mol. The molecule has 0 radical (unpaired) electrons. The summed E-state index contributed by atoms with van der Waals surface area (Å²) < 4.78 is 5.10. The first kappa shape index (κ1) is 13.6. The van der Waals surface area contributed by atoms with Crippen molar-refractivity contribution in [3.63, 3.8) is 0 Å². The molecule has 3 nitrogen and oxygen atoms in total. The van der Waals surface area contributed by atoms with Crippen molar-refractivity contribution in [1.29, 1.82) is 0 Å². The second-order valence-corrected chi connectivity index (χ2v) is 5.06. The summed E-state index contributed by atoms with van der Waals surface area (Å²) in [6.45, 7) is 9.26. The van der Waals surface area contributed by atoms with Gasteiger partial charge in [-0.25, -0.2) is 4.79 Å². The minimum Gasteiger partial charge on any atom is -0.410 e. The van der Waals surface area contributed by atoms with Gasteiger partial charge in [0, 0.05) is 11.6 Å². The summed E-state index contributed by atoms with van der Waals surface area (Å²) in [4.78, 5) is 11.5. The highest BCUT2D eigenvalue weighted by Crippen LogP contribution is 2.23. The minimum atomic E-state index is -0.500. The van der Waals surface area contributed by atoms with Crippen molar-refractivity contribution < 1.29 is 9.53 Å². The SMILES string of the molecule is C=Cc1ccc(OC(=O)NC(C)(C)C)cc1Cl. The molecular formula is C13H16ClNO2. The highest BCUT2D eigenvalue weighted by Gasteiger charge is 2.15. The van der Waals surface area contributed by atoms with E-state index < -0.39 is 6.09 Å². The number of hydrogen-bond donors (Lipinski definition) is 1. The summed E-state index contributed by atoms with van der Waals surface area (Å²) in [5, 5.41) is 3.19.